The van der Waals surface area contributed by atoms with Crippen molar-refractivity contribution in [3.8, 4) is 11.1 Å². The fraction of sp³-hybridized carbons (Fsp3) is 0.192. The van der Waals surface area contributed by atoms with Crippen molar-refractivity contribution in [1.82, 2.24) is 5.32 Å². The molecule has 0 saturated carbocycles. The molecule has 0 bridgehead atoms. The van der Waals surface area contributed by atoms with E-state index in [1.807, 2.05) is 42.5 Å². The maximum Gasteiger partial charge on any atom is 0.407 e. The van der Waals surface area contributed by atoms with Gasteiger partial charge in [0, 0.05) is 24.1 Å². The quantitative estimate of drug-likeness (QED) is 0.291. The number of nitro groups is 1. The summed E-state index contributed by atoms with van der Waals surface area (Å²) >= 11 is 0. The molecule has 0 saturated heterocycles. The number of alkyl carbamates (subject to hydrolysis) is 1. The number of hydrogen-bond donors (Lipinski definition) is 1. The van der Waals surface area contributed by atoms with E-state index in [0.717, 1.165) is 5.56 Å². The molecule has 1 amide bonds. The number of nitro benzene ring substituents is 1. The molecule has 0 fully saturated rings. The van der Waals surface area contributed by atoms with Crippen LogP contribution in [-0.2, 0) is 4.74 Å². The molecule has 6 nitrogen and oxygen atoms in total. The highest BCUT2D eigenvalue weighted by atomic mass is 16.6. The Kier molecular flexibility index (Phi) is 6.31. The number of nitrogens with zero attached hydrogens (tertiary/aromatic N) is 1. The zero-order valence-electron chi connectivity index (χ0n) is 17.8. The minimum atomic E-state index is -0.452. The number of rotatable bonds is 7. The van der Waals surface area contributed by atoms with Crippen LogP contribution in [-0.4, -0.2) is 24.2 Å². The Morgan fingerprint density at radius 1 is 1.03 bits per heavy atom. The maximum absolute atomic E-state index is 12.2. The predicted molar refractivity (Wildman–Crippen MR) is 125 cm³/mol. The van der Waals surface area contributed by atoms with Crippen molar-refractivity contribution in [2.45, 2.75) is 19.3 Å². The number of nitrogens with one attached hydrogen (secondary N) is 1. The minimum Gasteiger partial charge on any atom is -0.449 e. The third kappa shape index (κ3) is 4.39. The van der Waals surface area contributed by atoms with Crippen molar-refractivity contribution in [2.75, 3.05) is 13.2 Å². The van der Waals surface area contributed by atoms with Crippen molar-refractivity contribution in [1.29, 1.82) is 0 Å². The van der Waals surface area contributed by atoms with Crippen molar-refractivity contribution in [3.63, 3.8) is 0 Å². The number of carbonyl (C=O) groups excluding carboxylic acids is 1. The van der Waals surface area contributed by atoms with Crippen LogP contribution in [0.4, 0.5) is 10.5 Å². The summed E-state index contributed by atoms with van der Waals surface area (Å²) in [7, 11) is 0. The summed E-state index contributed by atoms with van der Waals surface area (Å²) in [6, 6.07) is 21.4. The first-order valence-electron chi connectivity index (χ1n) is 10.6. The lowest BCUT2D eigenvalue weighted by Gasteiger charge is -2.14. The third-order valence-electron chi connectivity index (χ3n) is 5.77. The lowest BCUT2D eigenvalue weighted by Crippen LogP contribution is -2.26. The number of fused-ring (bicyclic) bond motifs is 3. The first-order chi connectivity index (χ1) is 15.6. The van der Waals surface area contributed by atoms with Crippen molar-refractivity contribution in [3.05, 3.63) is 105 Å². The first kappa shape index (κ1) is 21.3. The summed E-state index contributed by atoms with van der Waals surface area (Å²) in [5.41, 5.74) is 6.26. The van der Waals surface area contributed by atoms with E-state index in [4.69, 9.17) is 4.74 Å². The van der Waals surface area contributed by atoms with E-state index in [-0.39, 0.29) is 23.1 Å². The lowest BCUT2D eigenvalue weighted by atomic mass is 9.98. The highest BCUT2D eigenvalue weighted by Gasteiger charge is 2.28. The number of benzene rings is 3. The van der Waals surface area contributed by atoms with Crippen LogP contribution < -0.4 is 5.32 Å². The van der Waals surface area contributed by atoms with Crippen LogP contribution in [0.25, 0.3) is 17.2 Å². The van der Waals surface area contributed by atoms with Gasteiger partial charge in [-0.25, -0.2) is 4.79 Å². The van der Waals surface area contributed by atoms with Gasteiger partial charge in [0.1, 0.15) is 6.61 Å². The molecule has 4 rings (SSSR count). The van der Waals surface area contributed by atoms with Crippen molar-refractivity contribution >= 4 is 17.9 Å². The molecule has 1 N–H and O–H groups in total. The minimum absolute atomic E-state index is 0.0323. The van der Waals surface area contributed by atoms with Crippen LogP contribution in [0.15, 0.2) is 72.8 Å². The zero-order chi connectivity index (χ0) is 22.5. The molecule has 0 atom stereocenters. The van der Waals surface area contributed by atoms with Gasteiger partial charge in [-0.1, -0.05) is 72.8 Å². The fourth-order valence-electron chi connectivity index (χ4n) is 4.14. The van der Waals surface area contributed by atoms with E-state index in [1.54, 1.807) is 13.0 Å². The van der Waals surface area contributed by atoms with Crippen LogP contribution in [0.5, 0.6) is 0 Å². The summed E-state index contributed by atoms with van der Waals surface area (Å²) in [6.45, 7) is 2.43. The van der Waals surface area contributed by atoms with E-state index in [0.29, 0.717) is 18.5 Å². The molecular formula is C26H24N2O4. The van der Waals surface area contributed by atoms with Gasteiger partial charge in [0.2, 0.25) is 0 Å². The van der Waals surface area contributed by atoms with E-state index < -0.39 is 6.09 Å². The van der Waals surface area contributed by atoms with E-state index >= 15 is 0 Å². The van der Waals surface area contributed by atoms with Gasteiger partial charge in [0.15, 0.2) is 0 Å². The van der Waals surface area contributed by atoms with E-state index in [1.165, 1.54) is 28.3 Å². The molecular weight excluding hydrogens is 404 g/mol. The largest absolute Gasteiger partial charge is 0.449 e. The Labute approximate surface area is 186 Å². The highest BCUT2D eigenvalue weighted by Crippen LogP contribution is 2.44. The fourth-order valence-corrected chi connectivity index (χ4v) is 4.14. The average Bonchev–Trinajstić information content (AvgIpc) is 3.12. The van der Waals surface area contributed by atoms with Gasteiger partial charge in [-0.05, 0) is 41.2 Å². The summed E-state index contributed by atoms with van der Waals surface area (Å²) in [4.78, 5) is 22.9. The summed E-state index contributed by atoms with van der Waals surface area (Å²) in [6.07, 6.45) is 3.86. The van der Waals surface area contributed by atoms with Crippen LogP contribution in [0, 0.1) is 17.0 Å². The summed E-state index contributed by atoms with van der Waals surface area (Å²) < 4.78 is 5.52. The second-order valence-corrected chi connectivity index (χ2v) is 7.69. The number of amides is 1. The molecule has 0 spiro atoms. The highest BCUT2D eigenvalue weighted by molar-refractivity contribution is 5.79. The van der Waals surface area contributed by atoms with Gasteiger partial charge in [-0.15, -0.1) is 0 Å². The molecule has 0 unspecified atom stereocenters. The molecule has 0 aromatic heterocycles. The van der Waals surface area contributed by atoms with Gasteiger partial charge < -0.3 is 10.1 Å². The SMILES string of the molecule is Cc1c(C=CCCNC(=O)OCC2c3ccccc3-c3ccccc32)cccc1[N+](=O)[O-]. The van der Waals surface area contributed by atoms with Gasteiger partial charge >= 0.3 is 6.09 Å². The molecule has 0 radical (unpaired) electrons. The van der Waals surface area contributed by atoms with E-state index in [9.17, 15) is 14.9 Å². The first-order valence-corrected chi connectivity index (χ1v) is 10.6. The van der Waals surface area contributed by atoms with Crippen LogP contribution in [0.1, 0.15) is 34.6 Å². The second-order valence-electron chi connectivity index (χ2n) is 7.69. The monoisotopic (exact) mass is 428 g/mol. The second kappa shape index (κ2) is 9.47. The van der Waals surface area contributed by atoms with Crippen LogP contribution in [0.2, 0.25) is 0 Å². The molecule has 3 aromatic carbocycles. The molecule has 0 aliphatic heterocycles. The topological polar surface area (TPSA) is 81.5 Å². The number of hydrogen-bond acceptors (Lipinski definition) is 4. The van der Waals surface area contributed by atoms with Gasteiger partial charge in [-0.3, -0.25) is 10.1 Å². The lowest BCUT2D eigenvalue weighted by molar-refractivity contribution is -0.385. The maximum atomic E-state index is 12.2. The summed E-state index contributed by atoms with van der Waals surface area (Å²) in [5.74, 6) is 0.0323. The molecule has 6 heteroatoms. The van der Waals surface area contributed by atoms with Crippen LogP contribution in [0.3, 0.4) is 0 Å². The third-order valence-corrected chi connectivity index (χ3v) is 5.77. The summed E-state index contributed by atoms with van der Waals surface area (Å²) in [5, 5.41) is 13.8. The van der Waals surface area contributed by atoms with Crippen molar-refractivity contribution < 1.29 is 14.5 Å². The van der Waals surface area contributed by atoms with Gasteiger partial charge in [-0.2, -0.15) is 0 Å². The van der Waals surface area contributed by atoms with Gasteiger partial charge in [0.05, 0.1) is 4.92 Å². The average molecular weight is 428 g/mol. The van der Waals surface area contributed by atoms with E-state index in [2.05, 4.69) is 29.6 Å². The zero-order valence-corrected chi connectivity index (χ0v) is 17.8. The molecule has 1 aliphatic carbocycles. The smallest absolute Gasteiger partial charge is 0.407 e. The van der Waals surface area contributed by atoms with Crippen LogP contribution >= 0.6 is 0 Å². The van der Waals surface area contributed by atoms with Gasteiger partial charge in [0.25, 0.3) is 5.69 Å². The molecule has 162 valence electrons. The molecule has 0 heterocycles. The normalized spacial score (nSPS) is 12.4. The standard InChI is InChI=1S/C26H24N2O4/c1-18-19(10-8-15-25(18)28(30)31)9-6-7-16-27-26(29)32-17-24-22-13-4-2-11-20(22)21-12-3-5-14-23(21)24/h2-6,8-15,24H,7,16-17H2,1H3,(H,27,29). The Morgan fingerprint density at radius 3 is 2.34 bits per heavy atom. The number of carbonyl (C=O) groups is 1. The molecule has 1 aliphatic rings. The Bertz CT molecular complexity index is 1140. The molecule has 3 aromatic rings. The molecule has 32 heavy (non-hydrogen) atoms. The van der Waals surface area contributed by atoms with Crippen molar-refractivity contribution in [2.24, 2.45) is 0 Å². The predicted octanol–water partition coefficient (Wildman–Crippen LogP) is 5.85. The Hall–Kier alpha value is -3.93. The Balaban J connectivity index is 1.28. The number of ether oxygens (including phenoxy) is 1. The Morgan fingerprint density at radius 2 is 1.69 bits per heavy atom.